The zero-order valence-electron chi connectivity index (χ0n) is 12.0. The molecular weight excluding hydrogens is 242 g/mol. The van der Waals surface area contributed by atoms with Gasteiger partial charge in [-0.25, -0.2) is 9.97 Å². The third-order valence-electron chi connectivity index (χ3n) is 2.78. The van der Waals surface area contributed by atoms with Crippen molar-refractivity contribution in [3.63, 3.8) is 0 Å². The first-order chi connectivity index (χ1) is 8.54. The van der Waals surface area contributed by atoms with Crippen LogP contribution in [0, 0.1) is 19.8 Å². The molecule has 0 atom stereocenters. The molecular formula is C14H25N3S. The van der Waals surface area contributed by atoms with Crippen molar-refractivity contribution in [3.8, 4) is 0 Å². The van der Waals surface area contributed by atoms with Crippen molar-refractivity contribution in [2.45, 2.75) is 46.3 Å². The highest BCUT2D eigenvalue weighted by Crippen LogP contribution is 2.17. The second-order valence-electron chi connectivity index (χ2n) is 5.09. The van der Waals surface area contributed by atoms with Crippen LogP contribution in [0.4, 0.5) is 0 Å². The van der Waals surface area contributed by atoms with Crippen molar-refractivity contribution in [2.24, 2.45) is 11.7 Å². The summed E-state index contributed by atoms with van der Waals surface area (Å²) in [5.41, 5.74) is 9.08. The van der Waals surface area contributed by atoms with Crippen LogP contribution in [0.25, 0.3) is 0 Å². The Bertz CT molecular complexity index is 354. The largest absolute Gasteiger partial charge is 0.330 e. The van der Waals surface area contributed by atoms with E-state index in [9.17, 15) is 0 Å². The predicted molar refractivity (Wildman–Crippen MR) is 79.9 cm³/mol. The fourth-order valence-electron chi connectivity index (χ4n) is 1.90. The molecule has 2 N–H and O–H groups in total. The van der Waals surface area contributed by atoms with Crippen molar-refractivity contribution < 1.29 is 0 Å². The van der Waals surface area contributed by atoms with E-state index in [1.807, 2.05) is 11.8 Å². The monoisotopic (exact) mass is 267 g/mol. The maximum atomic E-state index is 5.56. The zero-order chi connectivity index (χ0) is 13.5. The van der Waals surface area contributed by atoms with Gasteiger partial charge in [-0.2, -0.15) is 11.8 Å². The summed E-state index contributed by atoms with van der Waals surface area (Å²) in [5.74, 6) is 3.76. The standard InChI is InChI=1S/C14H25N3S/c1-10(2)8-18-9-14-16-11(3)13(6-5-7-15)12(4)17-14/h10H,5-9,15H2,1-4H3. The summed E-state index contributed by atoms with van der Waals surface area (Å²) in [4.78, 5) is 9.22. The smallest absolute Gasteiger partial charge is 0.138 e. The van der Waals surface area contributed by atoms with Gasteiger partial charge in [0.05, 0.1) is 5.75 Å². The molecule has 0 spiro atoms. The van der Waals surface area contributed by atoms with Gasteiger partial charge < -0.3 is 5.73 Å². The minimum Gasteiger partial charge on any atom is -0.330 e. The number of aromatic nitrogens is 2. The number of thioether (sulfide) groups is 1. The molecule has 0 bridgehead atoms. The molecule has 3 nitrogen and oxygen atoms in total. The number of hydrogen-bond donors (Lipinski definition) is 1. The summed E-state index contributed by atoms with van der Waals surface area (Å²) < 4.78 is 0. The molecule has 4 heteroatoms. The van der Waals surface area contributed by atoms with E-state index in [1.54, 1.807) is 0 Å². The second kappa shape index (κ2) is 7.74. The fourth-order valence-corrected chi connectivity index (χ4v) is 2.80. The highest BCUT2D eigenvalue weighted by molar-refractivity contribution is 7.98. The first kappa shape index (κ1) is 15.4. The van der Waals surface area contributed by atoms with Gasteiger partial charge in [0, 0.05) is 11.4 Å². The second-order valence-corrected chi connectivity index (χ2v) is 6.12. The summed E-state index contributed by atoms with van der Waals surface area (Å²) in [7, 11) is 0. The summed E-state index contributed by atoms with van der Waals surface area (Å²) in [6.07, 6.45) is 2.00. The van der Waals surface area contributed by atoms with Crippen molar-refractivity contribution in [1.29, 1.82) is 0 Å². The zero-order valence-corrected chi connectivity index (χ0v) is 12.8. The Balaban J connectivity index is 2.67. The van der Waals surface area contributed by atoms with E-state index in [0.29, 0.717) is 0 Å². The van der Waals surface area contributed by atoms with Crippen molar-refractivity contribution in [1.82, 2.24) is 9.97 Å². The van der Waals surface area contributed by atoms with E-state index in [2.05, 4.69) is 37.7 Å². The Morgan fingerprint density at radius 1 is 1.17 bits per heavy atom. The van der Waals surface area contributed by atoms with Gasteiger partial charge in [0.1, 0.15) is 5.82 Å². The normalized spacial score (nSPS) is 11.2. The third kappa shape index (κ3) is 4.94. The lowest BCUT2D eigenvalue weighted by atomic mass is 10.1. The first-order valence-corrected chi connectivity index (χ1v) is 7.80. The highest BCUT2D eigenvalue weighted by atomic mass is 32.2. The minimum absolute atomic E-state index is 0.723. The summed E-state index contributed by atoms with van der Waals surface area (Å²) in [5, 5.41) is 0. The van der Waals surface area contributed by atoms with E-state index < -0.39 is 0 Å². The molecule has 0 aliphatic carbocycles. The average Bonchev–Trinajstić information content (AvgIpc) is 2.27. The molecule has 18 heavy (non-hydrogen) atoms. The maximum Gasteiger partial charge on any atom is 0.138 e. The Morgan fingerprint density at radius 3 is 2.28 bits per heavy atom. The fraction of sp³-hybridized carbons (Fsp3) is 0.714. The Morgan fingerprint density at radius 2 is 1.78 bits per heavy atom. The van der Waals surface area contributed by atoms with Gasteiger partial charge in [-0.1, -0.05) is 13.8 Å². The van der Waals surface area contributed by atoms with Crippen LogP contribution in [-0.4, -0.2) is 22.3 Å². The number of nitrogens with zero attached hydrogens (tertiary/aromatic N) is 2. The molecule has 0 saturated carbocycles. The van der Waals surface area contributed by atoms with Crippen LogP contribution in [0.15, 0.2) is 0 Å². The highest BCUT2D eigenvalue weighted by Gasteiger charge is 2.08. The molecule has 0 radical (unpaired) electrons. The molecule has 102 valence electrons. The van der Waals surface area contributed by atoms with Crippen molar-refractivity contribution >= 4 is 11.8 Å². The van der Waals surface area contributed by atoms with Gasteiger partial charge in [-0.15, -0.1) is 0 Å². The number of rotatable bonds is 7. The lowest BCUT2D eigenvalue weighted by molar-refractivity contribution is 0.749. The summed E-state index contributed by atoms with van der Waals surface area (Å²) in [6.45, 7) is 9.36. The van der Waals surface area contributed by atoms with E-state index in [4.69, 9.17) is 5.73 Å². The van der Waals surface area contributed by atoms with Crippen LogP contribution in [0.5, 0.6) is 0 Å². The molecule has 0 aliphatic rings. The topological polar surface area (TPSA) is 51.8 Å². The number of aryl methyl sites for hydroxylation is 2. The van der Waals surface area contributed by atoms with E-state index >= 15 is 0 Å². The molecule has 0 fully saturated rings. The van der Waals surface area contributed by atoms with Crippen LogP contribution >= 0.6 is 11.8 Å². The van der Waals surface area contributed by atoms with Crippen LogP contribution in [0.1, 0.15) is 43.0 Å². The molecule has 0 unspecified atom stereocenters. The molecule has 0 aromatic carbocycles. The van der Waals surface area contributed by atoms with Gasteiger partial charge in [0.25, 0.3) is 0 Å². The van der Waals surface area contributed by atoms with E-state index in [1.165, 1.54) is 5.56 Å². The van der Waals surface area contributed by atoms with Crippen LogP contribution in [0.2, 0.25) is 0 Å². The van der Waals surface area contributed by atoms with Gasteiger partial charge in [0.2, 0.25) is 0 Å². The minimum atomic E-state index is 0.723. The lowest BCUT2D eigenvalue weighted by Gasteiger charge is -2.10. The molecule has 1 aromatic heterocycles. The molecule has 0 amide bonds. The Labute approximate surface area is 115 Å². The van der Waals surface area contributed by atoms with Crippen molar-refractivity contribution in [2.75, 3.05) is 12.3 Å². The first-order valence-electron chi connectivity index (χ1n) is 6.65. The third-order valence-corrected chi connectivity index (χ3v) is 4.14. The van der Waals surface area contributed by atoms with Gasteiger partial charge in [0.15, 0.2) is 0 Å². The Hall–Kier alpha value is -0.610. The van der Waals surface area contributed by atoms with Gasteiger partial charge in [-0.05, 0) is 50.5 Å². The van der Waals surface area contributed by atoms with Crippen LogP contribution < -0.4 is 5.73 Å². The summed E-state index contributed by atoms with van der Waals surface area (Å²) in [6, 6.07) is 0. The number of hydrogen-bond acceptors (Lipinski definition) is 4. The SMILES string of the molecule is Cc1nc(CSCC(C)C)nc(C)c1CCCN. The molecule has 1 heterocycles. The van der Waals surface area contributed by atoms with E-state index in [-0.39, 0.29) is 0 Å². The average molecular weight is 267 g/mol. The quantitative estimate of drug-likeness (QED) is 0.825. The Kier molecular flexibility index (Phi) is 6.65. The predicted octanol–water partition coefficient (Wildman–Crippen LogP) is 2.87. The summed E-state index contributed by atoms with van der Waals surface area (Å²) >= 11 is 1.91. The van der Waals surface area contributed by atoms with Crippen LogP contribution in [-0.2, 0) is 12.2 Å². The van der Waals surface area contributed by atoms with Gasteiger partial charge in [-0.3, -0.25) is 0 Å². The lowest BCUT2D eigenvalue weighted by Crippen LogP contribution is -2.08. The molecule has 0 aliphatic heterocycles. The molecule has 1 aromatic rings. The maximum absolute atomic E-state index is 5.56. The number of nitrogens with two attached hydrogens (primary N) is 1. The molecule has 0 saturated heterocycles. The van der Waals surface area contributed by atoms with Gasteiger partial charge >= 0.3 is 0 Å². The van der Waals surface area contributed by atoms with Crippen LogP contribution in [0.3, 0.4) is 0 Å². The van der Waals surface area contributed by atoms with Crippen molar-refractivity contribution in [3.05, 3.63) is 22.8 Å². The molecule has 1 rings (SSSR count). The van der Waals surface area contributed by atoms with E-state index in [0.717, 1.165) is 54.0 Å².